The lowest BCUT2D eigenvalue weighted by Crippen LogP contribution is -2.46. The van der Waals surface area contributed by atoms with Crippen LogP contribution < -0.4 is 5.12 Å². The summed E-state index contributed by atoms with van der Waals surface area (Å²) < 4.78 is 13.6. The van der Waals surface area contributed by atoms with Crippen molar-refractivity contribution in [1.29, 1.82) is 0 Å². The summed E-state index contributed by atoms with van der Waals surface area (Å²) in [7, 11) is 0. The van der Waals surface area contributed by atoms with Crippen LogP contribution in [0.15, 0.2) is 29.3 Å². The van der Waals surface area contributed by atoms with E-state index in [9.17, 15) is 9.28 Å². The summed E-state index contributed by atoms with van der Waals surface area (Å²) in [6, 6.07) is 6.20. The topological polar surface area (TPSA) is 35.9 Å². The number of carbonyl (C=O) groups excluding carboxylic acids is 1. The Balaban J connectivity index is 2.24. The highest BCUT2D eigenvalue weighted by Gasteiger charge is 2.37. The average molecular weight is 205 g/mol. The summed E-state index contributed by atoms with van der Waals surface area (Å²) in [4.78, 5) is 17.1. The zero-order chi connectivity index (χ0) is 10.4. The minimum atomic E-state index is -0.648. The Morgan fingerprint density at radius 2 is 2.13 bits per heavy atom. The van der Waals surface area contributed by atoms with Crippen molar-refractivity contribution in [2.75, 3.05) is 18.2 Å². The second kappa shape index (κ2) is 2.79. The van der Waals surface area contributed by atoms with Crippen LogP contribution in [0.5, 0.6) is 0 Å². The van der Waals surface area contributed by atoms with Gasteiger partial charge in [0.2, 0.25) is 0 Å². The maximum absolute atomic E-state index is 13.6. The third kappa shape index (κ3) is 1.000. The first-order valence-corrected chi connectivity index (χ1v) is 4.70. The van der Waals surface area contributed by atoms with E-state index in [0.29, 0.717) is 24.5 Å². The van der Waals surface area contributed by atoms with E-state index in [-0.39, 0.29) is 10.8 Å². The van der Waals surface area contributed by atoms with Gasteiger partial charge in [0, 0.05) is 12.1 Å². The summed E-state index contributed by atoms with van der Waals surface area (Å²) >= 11 is 0. The van der Waals surface area contributed by atoms with Gasteiger partial charge in [0.25, 0.3) is 0 Å². The van der Waals surface area contributed by atoms with E-state index >= 15 is 0 Å². The molecule has 0 N–H and O–H groups in total. The fourth-order valence-electron chi connectivity index (χ4n) is 1.91. The summed E-state index contributed by atoms with van der Waals surface area (Å²) in [6.07, 6.45) is 0. The van der Waals surface area contributed by atoms with E-state index in [0.717, 1.165) is 0 Å². The van der Waals surface area contributed by atoms with Crippen molar-refractivity contribution in [3.8, 4) is 0 Å². The van der Waals surface area contributed by atoms with E-state index in [2.05, 4.69) is 4.99 Å². The van der Waals surface area contributed by atoms with Crippen LogP contribution in [-0.2, 0) is 0 Å². The molecule has 2 heterocycles. The number of carbonyl (C=O) groups is 1. The Kier molecular flexibility index (Phi) is 1.56. The van der Waals surface area contributed by atoms with Gasteiger partial charge in [0.1, 0.15) is 5.84 Å². The number of amides is 2. The minimum absolute atomic E-state index is 0.180. The molecule has 1 aromatic carbocycles. The smallest absolute Gasteiger partial charge is 0.274 e. The maximum Gasteiger partial charge on any atom is 0.358 e. The van der Waals surface area contributed by atoms with Crippen LogP contribution in [0.1, 0.15) is 5.56 Å². The lowest BCUT2D eigenvalue weighted by atomic mass is 10.1. The lowest BCUT2D eigenvalue weighted by Gasteiger charge is -2.29. The first kappa shape index (κ1) is 8.40. The quantitative estimate of drug-likeness (QED) is 0.592. The molecule has 0 aromatic heterocycles. The normalized spacial score (nSPS) is 18.7. The average Bonchev–Trinajstić information content (AvgIpc) is 2.75. The van der Waals surface area contributed by atoms with Crippen LogP contribution >= 0.6 is 0 Å². The van der Waals surface area contributed by atoms with Crippen molar-refractivity contribution >= 4 is 17.6 Å². The monoisotopic (exact) mass is 205 g/mol. The van der Waals surface area contributed by atoms with Gasteiger partial charge in [0.15, 0.2) is 0 Å². The molecule has 4 nitrogen and oxygen atoms in total. The fraction of sp³-hybridized carbons (Fsp3) is 0.200. The third-order valence-electron chi connectivity index (χ3n) is 2.60. The molecule has 0 saturated heterocycles. The van der Waals surface area contributed by atoms with Crippen LogP contribution in [0.25, 0.3) is 0 Å². The molecule has 0 aliphatic carbocycles. The lowest BCUT2D eigenvalue weighted by molar-refractivity contribution is 0.214. The predicted molar refractivity (Wildman–Crippen MR) is 53.5 cm³/mol. The number of nitrogens with zero attached hydrogens (tertiary/aromatic N) is 3. The Labute approximate surface area is 85.6 Å². The van der Waals surface area contributed by atoms with Crippen molar-refractivity contribution < 1.29 is 9.28 Å². The first-order chi connectivity index (χ1) is 7.29. The van der Waals surface area contributed by atoms with Crippen molar-refractivity contribution in [2.45, 2.75) is 0 Å². The molecule has 2 aliphatic rings. The highest BCUT2D eigenvalue weighted by molar-refractivity contribution is 6.19. The molecular formula is C10H8FN3O. The van der Waals surface area contributed by atoms with E-state index in [1.54, 1.807) is 18.2 Å². The van der Waals surface area contributed by atoms with Gasteiger partial charge < -0.3 is 0 Å². The number of para-hydroxylation sites is 1. The summed E-state index contributed by atoms with van der Waals surface area (Å²) in [5.74, 6) is 0.588. The molecule has 0 atom stereocenters. The van der Waals surface area contributed by atoms with Gasteiger partial charge >= 0.3 is 6.03 Å². The predicted octanol–water partition coefficient (Wildman–Crippen LogP) is 1.57. The Morgan fingerprint density at radius 1 is 1.33 bits per heavy atom. The first-order valence-electron chi connectivity index (χ1n) is 4.70. The number of halogens is 1. The van der Waals surface area contributed by atoms with Crippen molar-refractivity contribution in [3.05, 3.63) is 29.8 Å². The van der Waals surface area contributed by atoms with Crippen LogP contribution in [0.2, 0.25) is 0 Å². The van der Waals surface area contributed by atoms with Crippen molar-refractivity contribution in [1.82, 2.24) is 4.90 Å². The largest absolute Gasteiger partial charge is 0.358 e. The number of benzene rings is 1. The van der Waals surface area contributed by atoms with E-state index in [4.69, 9.17) is 0 Å². The molecule has 0 saturated carbocycles. The SMILES string of the molecule is O=C1N2CCN=C2c2ccccc2N1F. The Morgan fingerprint density at radius 3 is 3.00 bits per heavy atom. The van der Waals surface area contributed by atoms with Gasteiger partial charge in [-0.05, 0) is 12.1 Å². The van der Waals surface area contributed by atoms with Gasteiger partial charge in [-0.25, -0.2) is 4.79 Å². The molecule has 76 valence electrons. The Hall–Kier alpha value is -1.91. The van der Waals surface area contributed by atoms with E-state index in [1.165, 1.54) is 4.90 Å². The number of amidine groups is 1. The van der Waals surface area contributed by atoms with Gasteiger partial charge in [-0.15, -0.1) is 5.12 Å². The number of hydrogen-bond donors (Lipinski definition) is 0. The summed E-state index contributed by atoms with van der Waals surface area (Å²) in [6.45, 7) is 1.01. The highest BCUT2D eigenvalue weighted by atomic mass is 19.2. The number of aliphatic imine (C=N–C) groups is 1. The molecule has 0 bridgehead atoms. The maximum atomic E-state index is 13.6. The van der Waals surface area contributed by atoms with Crippen LogP contribution in [0.4, 0.5) is 15.0 Å². The van der Waals surface area contributed by atoms with Crippen LogP contribution in [0, 0.1) is 0 Å². The molecule has 0 fully saturated rings. The van der Waals surface area contributed by atoms with Crippen LogP contribution in [0.3, 0.4) is 0 Å². The van der Waals surface area contributed by atoms with E-state index in [1.807, 2.05) is 6.07 Å². The van der Waals surface area contributed by atoms with Crippen LogP contribution in [-0.4, -0.2) is 29.9 Å². The molecule has 0 radical (unpaired) electrons. The zero-order valence-corrected chi connectivity index (χ0v) is 7.85. The molecule has 2 aliphatic heterocycles. The molecule has 0 spiro atoms. The number of hydrogen-bond acceptors (Lipinski definition) is 2. The molecule has 15 heavy (non-hydrogen) atoms. The molecule has 0 unspecified atom stereocenters. The molecular weight excluding hydrogens is 197 g/mol. The standard InChI is InChI=1S/C10H8FN3O/c11-14-8-4-2-1-3-7(8)9-12-5-6-13(9)10(14)15/h1-4H,5-6H2. The number of anilines is 1. The van der Waals surface area contributed by atoms with Gasteiger partial charge in [-0.3, -0.25) is 9.89 Å². The molecule has 5 heteroatoms. The zero-order valence-electron chi connectivity index (χ0n) is 7.85. The van der Waals surface area contributed by atoms with Gasteiger partial charge in [0.05, 0.1) is 12.2 Å². The fourth-order valence-corrected chi connectivity index (χ4v) is 1.91. The van der Waals surface area contributed by atoms with Crippen molar-refractivity contribution in [3.63, 3.8) is 0 Å². The summed E-state index contributed by atoms with van der Waals surface area (Å²) in [5, 5.41) is 0.180. The Bertz CT molecular complexity index is 471. The van der Waals surface area contributed by atoms with Gasteiger partial charge in [-0.2, -0.15) is 0 Å². The second-order valence-corrected chi connectivity index (χ2v) is 3.44. The van der Waals surface area contributed by atoms with Crippen molar-refractivity contribution in [2.24, 2.45) is 4.99 Å². The molecule has 2 amide bonds. The van der Waals surface area contributed by atoms with E-state index < -0.39 is 6.03 Å². The number of urea groups is 1. The van der Waals surface area contributed by atoms with Gasteiger partial charge in [-0.1, -0.05) is 16.6 Å². The number of rotatable bonds is 0. The second-order valence-electron chi connectivity index (χ2n) is 3.44. The molecule has 1 aromatic rings. The highest BCUT2D eigenvalue weighted by Crippen LogP contribution is 2.30. The third-order valence-corrected chi connectivity index (χ3v) is 2.60. The summed E-state index contributed by atoms with van der Waals surface area (Å²) in [5.41, 5.74) is 0.955. The molecule has 3 rings (SSSR count). The minimum Gasteiger partial charge on any atom is -0.274 e. The number of fused-ring (bicyclic) bond motifs is 3.